The van der Waals surface area contributed by atoms with Gasteiger partial charge >= 0.3 is 18.0 Å². The second kappa shape index (κ2) is 10.9. The van der Waals surface area contributed by atoms with Gasteiger partial charge in [-0.15, -0.1) is 6.42 Å². The number of carbonyl (C=O) groups excluding carboxylic acids is 3. The minimum atomic E-state index is -2.71. The Morgan fingerprint density at radius 2 is 1.90 bits per heavy atom. The number of carbonyl (C=O) groups is 3. The van der Waals surface area contributed by atoms with Crippen molar-refractivity contribution >= 4 is 46.6 Å². The summed E-state index contributed by atoms with van der Waals surface area (Å²) in [6.45, 7) is 6.67. The Hall–Kier alpha value is -4.28. The van der Waals surface area contributed by atoms with Gasteiger partial charge in [0.15, 0.2) is 29.8 Å². The molecule has 12 nitrogen and oxygen atoms in total. The lowest BCUT2D eigenvalue weighted by molar-refractivity contribution is -0.194. The molecule has 0 spiro atoms. The van der Waals surface area contributed by atoms with Gasteiger partial charge in [0.1, 0.15) is 11.9 Å². The van der Waals surface area contributed by atoms with Crippen molar-refractivity contribution in [2.24, 2.45) is 5.92 Å². The zero-order chi connectivity index (χ0) is 30.2. The first-order chi connectivity index (χ1) is 19.2. The van der Waals surface area contributed by atoms with Crippen molar-refractivity contribution in [1.82, 2.24) is 19.5 Å². The largest absolute Gasteiger partial charge is 0.456 e. The average Bonchev–Trinajstić information content (AvgIpc) is 3.40. The maximum atomic E-state index is 16.5. The fourth-order valence-corrected chi connectivity index (χ4v) is 4.41. The fourth-order valence-electron chi connectivity index (χ4n) is 4.28. The van der Waals surface area contributed by atoms with Crippen LogP contribution in [-0.4, -0.2) is 61.2 Å². The van der Waals surface area contributed by atoms with Crippen molar-refractivity contribution in [2.75, 3.05) is 11.9 Å². The summed E-state index contributed by atoms with van der Waals surface area (Å²) in [4.78, 5) is 49.6. The van der Waals surface area contributed by atoms with Gasteiger partial charge in [-0.1, -0.05) is 24.4 Å². The molecule has 2 aromatic heterocycles. The van der Waals surface area contributed by atoms with Gasteiger partial charge in [-0.25, -0.2) is 28.9 Å². The molecule has 41 heavy (non-hydrogen) atoms. The van der Waals surface area contributed by atoms with Crippen LogP contribution >= 0.6 is 11.6 Å². The van der Waals surface area contributed by atoms with E-state index in [1.165, 1.54) is 42.1 Å². The summed E-state index contributed by atoms with van der Waals surface area (Å²) in [6, 6.07) is 5.80. The third-order valence-electron chi connectivity index (χ3n) is 6.21. The number of aromatic nitrogens is 4. The van der Waals surface area contributed by atoms with Crippen LogP contribution in [0.4, 0.5) is 15.0 Å². The third kappa shape index (κ3) is 5.94. The third-order valence-corrected chi connectivity index (χ3v) is 6.47. The number of fused-ring (bicyclic) bond motifs is 1. The molecule has 0 aliphatic carbocycles. The van der Waals surface area contributed by atoms with E-state index in [9.17, 15) is 14.4 Å². The van der Waals surface area contributed by atoms with E-state index in [1.54, 1.807) is 20.8 Å². The summed E-state index contributed by atoms with van der Waals surface area (Å²) in [5.41, 5.74) is -2.51. The van der Waals surface area contributed by atoms with Gasteiger partial charge in [0.25, 0.3) is 5.85 Å². The van der Waals surface area contributed by atoms with Gasteiger partial charge in [0, 0.05) is 11.9 Å². The van der Waals surface area contributed by atoms with Crippen LogP contribution in [-0.2, 0) is 23.7 Å². The zero-order valence-corrected chi connectivity index (χ0v) is 23.6. The maximum absolute atomic E-state index is 16.5. The standard InChI is InChI=1S/C27H27ClFN5O7/c1-7-26(39-16(3)35)15(2)27(29,12-38-22(36)17-8-10-18(28)11-9-17)40-23(26)34-14-32-19-20(30-13-31-21(19)34)33-24(37)41-25(4,5)6/h1,8-11,13-15,23H,12H2,2-6H3,(H,30,31,33,37)/t15-,23+,26+,27+/m0/s1. The lowest BCUT2D eigenvalue weighted by Gasteiger charge is -2.32. The second-order valence-corrected chi connectivity index (χ2v) is 10.7. The normalized spacial score (nSPS) is 24.0. The number of imidazole rings is 1. The quantitative estimate of drug-likeness (QED) is 0.249. The van der Waals surface area contributed by atoms with Crippen LogP contribution in [0.2, 0.25) is 5.02 Å². The zero-order valence-electron chi connectivity index (χ0n) is 22.8. The molecule has 1 amide bonds. The van der Waals surface area contributed by atoms with Gasteiger partial charge in [-0.3, -0.25) is 14.7 Å². The SMILES string of the molecule is C#C[C@]1(OC(C)=O)[C@H](n2cnc3c(NC(=O)OC(C)(C)C)ncnc32)O[C@](F)(COC(=O)c2ccc(Cl)cc2)[C@H]1C. The summed E-state index contributed by atoms with van der Waals surface area (Å²) < 4.78 is 39.5. The summed E-state index contributed by atoms with van der Waals surface area (Å²) in [7, 11) is 0. The van der Waals surface area contributed by atoms with E-state index in [0.29, 0.717) is 5.02 Å². The van der Waals surface area contributed by atoms with Crippen LogP contribution < -0.4 is 5.32 Å². The molecule has 216 valence electrons. The molecule has 14 heteroatoms. The molecule has 1 aliphatic heterocycles. The summed E-state index contributed by atoms with van der Waals surface area (Å²) in [6.07, 6.45) is 5.90. The highest BCUT2D eigenvalue weighted by atomic mass is 35.5. The first-order valence-electron chi connectivity index (χ1n) is 12.3. The highest BCUT2D eigenvalue weighted by Gasteiger charge is 2.66. The Bertz CT molecular complexity index is 1530. The van der Waals surface area contributed by atoms with Gasteiger partial charge in [0.2, 0.25) is 5.60 Å². The number of halogens is 2. The predicted molar refractivity (Wildman–Crippen MR) is 143 cm³/mol. The van der Waals surface area contributed by atoms with Crippen molar-refractivity contribution in [1.29, 1.82) is 0 Å². The molecule has 0 unspecified atom stereocenters. The molecule has 4 atom stereocenters. The van der Waals surface area contributed by atoms with Crippen molar-refractivity contribution in [3.63, 3.8) is 0 Å². The number of nitrogens with zero attached hydrogens (tertiary/aromatic N) is 4. The Morgan fingerprint density at radius 3 is 2.51 bits per heavy atom. The summed E-state index contributed by atoms with van der Waals surface area (Å²) >= 11 is 5.86. The molecule has 1 saturated heterocycles. The van der Waals surface area contributed by atoms with Crippen molar-refractivity contribution in [2.45, 2.75) is 57.9 Å². The molecule has 3 heterocycles. The Kier molecular flexibility index (Phi) is 7.93. The number of amides is 1. The molecule has 0 saturated carbocycles. The molecule has 1 aromatic carbocycles. The highest BCUT2D eigenvalue weighted by Crippen LogP contribution is 2.52. The van der Waals surface area contributed by atoms with Crippen molar-refractivity contribution < 1.29 is 37.7 Å². The summed E-state index contributed by atoms with van der Waals surface area (Å²) in [5.74, 6) is -3.33. The number of hydrogen-bond donors (Lipinski definition) is 1. The number of ether oxygens (including phenoxy) is 4. The molecule has 1 fully saturated rings. The maximum Gasteiger partial charge on any atom is 0.413 e. The van der Waals surface area contributed by atoms with Crippen LogP contribution in [0.1, 0.15) is 51.2 Å². The highest BCUT2D eigenvalue weighted by molar-refractivity contribution is 6.30. The van der Waals surface area contributed by atoms with E-state index < -0.39 is 53.8 Å². The lowest BCUT2D eigenvalue weighted by atomic mass is 9.85. The molecular weight excluding hydrogens is 561 g/mol. The number of alkyl halides is 1. The number of rotatable bonds is 6. The lowest BCUT2D eigenvalue weighted by Crippen LogP contribution is -2.47. The first kappa shape index (κ1) is 29.7. The minimum absolute atomic E-state index is 0.00348. The van der Waals surface area contributed by atoms with Crippen LogP contribution in [0.25, 0.3) is 11.2 Å². The van der Waals surface area contributed by atoms with E-state index in [0.717, 1.165) is 13.3 Å². The molecule has 1 aliphatic rings. The van der Waals surface area contributed by atoms with Crippen molar-refractivity contribution in [3.8, 4) is 12.3 Å². The molecule has 1 N–H and O–H groups in total. The fraction of sp³-hybridized carbons (Fsp3) is 0.407. The first-order valence-corrected chi connectivity index (χ1v) is 12.7. The van der Waals surface area contributed by atoms with Crippen LogP contribution in [0.15, 0.2) is 36.9 Å². The van der Waals surface area contributed by atoms with Crippen LogP contribution in [0, 0.1) is 18.3 Å². The average molecular weight is 588 g/mol. The van der Waals surface area contributed by atoms with Crippen LogP contribution in [0.5, 0.6) is 0 Å². The van der Waals surface area contributed by atoms with Gasteiger partial charge < -0.3 is 18.9 Å². The number of terminal acetylenes is 1. The topological polar surface area (TPSA) is 144 Å². The van der Waals surface area contributed by atoms with E-state index >= 15 is 4.39 Å². The van der Waals surface area contributed by atoms with Crippen LogP contribution in [0.3, 0.4) is 0 Å². The second-order valence-electron chi connectivity index (χ2n) is 10.3. The number of hydrogen-bond acceptors (Lipinski definition) is 10. The molecular formula is C27H27ClFN5O7. The molecule has 0 radical (unpaired) electrons. The minimum Gasteiger partial charge on any atom is -0.456 e. The monoisotopic (exact) mass is 587 g/mol. The van der Waals surface area contributed by atoms with E-state index in [2.05, 4.69) is 26.2 Å². The van der Waals surface area contributed by atoms with Crippen molar-refractivity contribution in [3.05, 3.63) is 47.5 Å². The molecule has 3 aromatic rings. The number of anilines is 1. The van der Waals surface area contributed by atoms with E-state index in [-0.39, 0.29) is 22.5 Å². The van der Waals surface area contributed by atoms with E-state index in [4.69, 9.17) is 37.0 Å². The van der Waals surface area contributed by atoms with E-state index in [1.807, 2.05) is 0 Å². The van der Waals surface area contributed by atoms with Gasteiger partial charge in [0.05, 0.1) is 17.8 Å². The Balaban J connectivity index is 1.69. The van der Waals surface area contributed by atoms with Gasteiger partial charge in [-0.05, 0) is 45.0 Å². The smallest absolute Gasteiger partial charge is 0.413 e. The van der Waals surface area contributed by atoms with Gasteiger partial charge in [-0.2, -0.15) is 0 Å². The number of esters is 2. The molecule has 0 bridgehead atoms. The Labute approximate surface area is 239 Å². The number of nitrogens with one attached hydrogen (secondary N) is 1. The number of benzene rings is 1. The molecule has 4 rings (SSSR count). The summed E-state index contributed by atoms with van der Waals surface area (Å²) in [5, 5.41) is 2.90. The predicted octanol–water partition coefficient (Wildman–Crippen LogP) is 4.45. The Morgan fingerprint density at radius 1 is 1.22 bits per heavy atom.